The molecule has 0 aliphatic carbocycles. The van der Waals surface area contributed by atoms with Crippen LogP contribution in [0.25, 0.3) is 5.69 Å². The van der Waals surface area contributed by atoms with Crippen LogP contribution < -0.4 is 5.32 Å². The predicted octanol–water partition coefficient (Wildman–Crippen LogP) is 1.10. The van der Waals surface area contributed by atoms with Crippen LogP contribution in [0.5, 0.6) is 0 Å². The molecule has 0 spiro atoms. The van der Waals surface area contributed by atoms with E-state index in [1.54, 1.807) is 36.3 Å². The number of aliphatic hydroxyl groups excluding tert-OH is 1. The van der Waals surface area contributed by atoms with Crippen molar-refractivity contribution in [2.45, 2.75) is 44.7 Å². The lowest BCUT2D eigenvalue weighted by Gasteiger charge is -2.31. The van der Waals surface area contributed by atoms with Crippen molar-refractivity contribution in [1.82, 2.24) is 25.0 Å². The lowest BCUT2D eigenvalue weighted by Crippen LogP contribution is -2.58. The van der Waals surface area contributed by atoms with Gasteiger partial charge in [-0.05, 0) is 54.8 Å². The fourth-order valence-electron chi connectivity index (χ4n) is 3.68. The molecular formula is C23H25N5O4. The summed E-state index contributed by atoms with van der Waals surface area (Å²) in [6, 6.07) is 10.6. The van der Waals surface area contributed by atoms with Crippen LogP contribution in [-0.4, -0.2) is 53.4 Å². The van der Waals surface area contributed by atoms with Gasteiger partial charge >= 0.3 is 0 Å². The summed E-state index contributed by atoms with van der Waals surface area (Å²) in [7, 11) is 0. The molecule has 3 aromatic rings. The second kappa shape index (κ2) is 8.52. The number of hydrogen-bond acceptors (Lipinski definition) is 6. The van der Waals surface area contributed by atoms with Gasteiger partial charge in [-0.2, -0.15) is 5.10 Å². The van der Waals surface area contributed by atoms with Gasteiger partial charge in [0.1, 0.15) is 0 Å². The fraction of sp³-hybridized carbons (Fsp3) is 0.304. The van der Waals surface area contributed by atoms with Crippen LogP contribution in [-0.2, 0) is 22.7 Å². The second-order valence-electron chi connectivity index (χ2n) is 8.13. The minimum atomic E-state index is -2.30. The van der Waals surface area contributed by atoms with Crippen molar-refractivity contribution in [3.63, 3.8) is 0 Å². The molecule has 3 heterocycles. The molecule has 4 rings (SSSR count). The maximum absolute atomic E-state index is 12.8. The molecule has 9 heteroatoms. The Morgan fingerprint density at radius 2 is 1.84 bits per heavy atom. The molecule has 0 bridgehead atoms. The Hall–Kier alpha value is -3.56. The number of nitrogens with one attached hydrogen (secondary N) is 1. The van der Waals surface area contributed by atoms with Crippen molar-refractivity contribution in [3.8, 4) is 5.69 Å². The molecule has 9 nitrogen and oxygen atoms in total. The van der Waals surface area contributed by atoms with Crippen LogP contribution in [0.2, 0.25) is 0 Å². The minimum absolute atomic E-state index is 0.274. The summed E-state index contributed by atoms with van der Waals surface area (Å²) in [5.41, 5.74) is 1.18. The number of fused-ring (bicyclic) bond motifs is 1. The monoisotopic (exact) mass is 435 g/mol. The summed E-state index contributed by atoms with van der Waals surface area (Å²) < 4.78 is 1.71. The van der Waals surface area contributed by atoms with Gasteiger partial charge in [0.25, 0.3) is 11.8 Å². The van der Waals surface area contributed by atoms with E-state index in [1.807, 2.05) is 36.5 Å². The normalized spacial score (nSPS) is 16.7. The average Bonchev–Trinajstić information content (AvgIpc) is 3.48. The number of carbonyl (C=O) groups is 2. The first-order chi connectivity index (χ1) is 15.3. The van der Waals surface area contributed by atoms with Crippen molar-refractivity contribution >= 4 is 11.8 Å². The first-order valence-corrected chi connectivity index (χ1v) is 10.3. The van der Waals surface area contributed by atoms with Crippen molar-refractivity contribution < 1.29 is 19.8 Å². The molecule has 166 valence electrons. The fourth-order valence-corrected chi connectivity index (χ4v) is 3.68. The number of benzene rings is 1. The zero-order valence-electron chi connectivity index (χ0n) is 17.8. The van der Waals surface area contributed by atoms with Crippen LogP contribution in [0.4, 0.5) is 0 Å². The molecule has 0 unspecified atom stereocenters. The summed E-state index contributed by atoms with van der Waals surface area (Å²) in [4.78, 5) is 31.0. The molecule has 2 aromatic heterocycles. The first-order valence-electron chi connectivity index (χ1n) is 10.3. The predicted molar refractivity (Wildman–Crippen MR) is 115 cm³/mol. The molecule has 1 aliphatic rings. The molecule has 0 saturated carbocycles. The Balaban J connectivity index is 1.40. The molecule has 32 heavy (non-hydrogen) atoms. The van der Waals surface area contributed by atoms with Crippen molar-refractivity contribution in [1.29, 1.82) is 0 Å². The maximum Gasteiger partial charge on any atom is 0.255 e. The van der Waals surface area contributed by atoms with Gasteiger partial charge in [0.05, 0.1) is 11.7 Å². The second-order valence-corrected chi connectivity index (χ2v) is 8.13. The zero-order valence-corrected chi connectivity index (χ0v) is 17.8. The molecule has 3 N–H and O–H groups in total. The van der Waals surface area contributed by atoms with Gasteiger partial charge in [-0.25, -0.2) is 4.68 Å². The van der Waals surface area contributed by atoms with Gasteiger partial charge in [0, 0.05) is 37.9 Å². The van der Waals surface area contributed by atoms with Crippen LogP contribution >= 0.6 is 0 Å². The standard InChI is InChI=1S/C23H25N5O4/c1-15(16-4-6-19(7-5-16)28-11-3-9-25-28)26-22(31)23(2,32)20(29)21(30)27-13-17-8-10-24-12-18(17)14-27/h3-12,15,20,29,32H,13-14H2,1-2H3,(H,26,31)/t15-,20+,23-/m1/s1. The summed E-state index contributed by atoms with van der Waals surface area (Å²) in [6.45, 7) is 3.47. The van der Waals surface area contributed by atoms with Gasteiger partial charge < -0.3 is 20.4 Å². The molecular weight excluding hydrogens is 410 g/mol. The largest absolute Gasteiger partial charge is 0.380 e. The first kappa shape index (κ1) is 21.7. The Morgan fingerprint density at radius 1 is 1.12 bits per heavy atom. The molecule has 1 aromatic carbocycles. The molecule has 0 saturated heterocycles. The van der Waals surface area contributed by atoms with Gasteiger partial charge in [0.2, 0.25) is 0 Å². The van der Waals surface area contributed by atoms with E-state index in [2.05, 4.69) is 15.4 Å². The number of nitrogens with zero attached hydrogens (tertiary/aromatic N) is 4. The number of amides is 2. The lowest BCUT2D eigenvalue weighted by molar-refractivity contribution is -0.166. The third-order valence-corrected chi connectivity index (χ3v) is 5.77. The van der Waals surface area contributed by atoms with Crippen LogP contribution in [0.15, 0.2) is 61.2 Å². The minimum Gasteiger partial charge on any atom is -0.380 e. The van der Waals surface area contributed by atoms with E-state index in [9.17, 15) is 19.8 Å². The molecule has 2 amide bonds. The quantitative estimate of drug-likeness (QED) is 0.533. The average molecular weight is 435 g/mol. The summed E-state index contributed by atoms with van der Waals surface area (Å²) in [5, 5.41) is 28.1. The SMILES string of the molecule is C[C@@H](NC(=O)[C@](C)(O)[C@@H](O)C(=O)N1Cc2ccncc2C1)c1ccc(-n2cccn2)cc1. The Labute approximate surface area is 185 Å². The van der Waals surface area contributed by atoms with Gasteiger partial charge in [-0.1, -0.05) is 12.1 Å². The Bertz CT molecular complexity index is 1090. The topological polar surface area (TPSA) is 121 Å². The Kier molecular flexibility index (Phi) is 5.77. The Morgan fingerprint density at radius 3 is 2.50 bits per heavy atom. The van der Waals surface area contributed by atoms with Gasteiger partial charge in [0.15, 0.2) is 11.7 Å². The van der Waals surface area contributed by atoms with E-state index in [0.29, 0.717) is 6.54 Å². The van der Waals surface area contributed by atoms with Crippen molar-refractivity contribution in [2.24, 2.45) is 0 Å². The van der Waals surface area contributed by atoms with Crippen LogP contribution in [0.1, 0.15) is 36.6 Å². The summed E-state index contributed by atoms with van der Waals surface area (Å²) in [5.74, 6) is -1.54. The molecule has 3 atom stereocenters. The third kappa shape index (κ3) is 4.12. The van der Waals surface area contributed by atoms with Crippen LogP contribution in [0, 0.1) is 0 Å². The lowest BCUT2D eigenvalue weighted by atomic mass is 9.95. The highest BCUT2D eigenvalue weighted by Crippen LogP contribution is 2.25. The number of aromatic nitrogens is 3. The van der Waals surface area contributed by atoms with Gasteiger partial charge in [-0.3, -0.25) is 14.6 Å². The molecule has 0 radical (unpaired) electrons. The van der Waals surface area contributed by atoms with E-state index in [1.165, 1.54) is 4.90 Å². The highest BCUT2D eigenvalue weighted by Gasteiger charge is 2.45. The zero-order chi connectivity index (χ0) is 22.9. The molecule has 0 fully saturated rings. The maximum atomic E-state index is 12.8. The van der Waals surface area contributed by atoms with Crippen LogP contribution in [0.3, 0.4) is 0 Å². The number of carbonyl (C=O) groups excluding carboxylic acids is 2. The summed E-state index contributed by atoms with van der Waals surface area (Å²) >= 11 is 0. The van der Waals surface area contributed by atoms with E-state index in [4.69, 9.17) is 0 Å². The molecule has 1 aliphatic heterocycles. The smallest absolute Gasteiger partial charge is 0.255 e. The van der Waals surface area contributed by atoms with Crippen molar-refractivity contribution in [2.75, 3.05) is 0 Å². The van der Waals surface area contributed by atoms with Crippen molar-refractivity contribution in [3.05, 3.63) is 77.9 Å². The highest BCUT2D eigenvalue weighted by molar-refractivity contribution is 5.94. The van der Waals surface area contributed by atoms with E-state index < -0.39 is 29.6 Å². The number of rotatable bonds is 6. The number of pyridine rings is 1. The van der Waals surface area contributed by atoms with E-state index in [0.717, 1.165) is 29.3 Å². The van der Waals surface area contributed by atoms with E-state index >= 15 is 0 Å². The van der Waals surface area contributed by atoms with E-state index in [-0.39, 0.29) is 6.54 Å². The number of aliphatic hydroxyl groups is 2. The summed E-state index contributed by atoms with van der Waals surface area (Å²) in [6.07, 6.45) is 4.91. The number of hydrogen-bond donors (Lipinski definition) is 3. The highest BCUT2D eigenvalue weighted by atomic mass is 16.4. The van der Waals surface area contributed by atoms with Gasteiger partial charge in [-0.15, -0.1) is 0 Å². The third-order valence-electron chi connectivity index (χ3n) is 5.77.